The SMILES string of the molecule is Cc1nc(C(=O)N2CCOCC2)cc(N2CCOCC2)n1. The molecule has 0 bridgehead atoms. The molecular weight excluding hydrogens is 272 g/mol. The molecule has 1 amide bonds. The van der Waals surface area contributed by atoms with E-state index in [-0.39, 0.29) is 5.91 Å². The summed E-state index contributed by atoms with van der Waals surface area (Å²) < 4.78 is 10.6. The van der Waals surface area contributed by atoms with Crippen LogP contribution in [-0.2, 0) is 9.47 Å². The molecule has 7 heteroatoms. The lowest BCUT2D eigenvalue weighted by atomic mass is 10.3. The van der Waals surface area contributed by atoms with Crippen LogP contribution in [0, 0.1) is 6.92 Å². The van der Waals surface area contributed by atoms with Crippen molar-refractivity contribution in [3.63, 3.8) is 0 Å². The first-order valence-corrected chi connectivity index (χ1v) is 7.29. The molecule has 0 saturated carbocycles. The minimum absolute atomic E-state index is 0.0432. The van der Waals surface area contributed by atoms with Crippen molar-refractivity contribution < 1.29 is 14.3 Å². The number of morpholine rings is 2. The zero-order valence-electron chi connectivity index (χ0n) is 12.2. The van der Waals surface area contributed by atoms with Crippen molar-refractivity contribution in [1.29, 1.82) is 0 Å². The first-order valence-electron chi connectivity index (χ1n) is 7.29. The fraction of sp³-hybridized carbons (Fsp3) is 0.643. The number of amides is 1. The van der Waals surface area contributed by atoms with E-state index in [1.807, 2.05) is 6.92 Å². The minimum atomic E-state index is -0.0432. The van der Waals surface area contributed by atoms with E-state index in [4.69, 9.17) is 9.47 Å². The maximum absolute atomic E-state index is 12.5. The van der Waals surface area contributed by atoms with Crippen LogP contribution in [0.15, 0.2) is 6.07 Å². The number of carbonyl (C=O) groups is 1. The molecule has 0 atom stereocenters. The van der Waals surface area contributed by atoms with E-state index in [0.29, 0.717) is 51.0 Å². The van der Waals surface area contributed by atoms with Crippen molar-refractivity contribution in [2.24, 2.45) is 0 Å². The Morgan fingerprint density at radius 2 is 1.67 bits per heavy atom. The molecule has 3 rings (SSSR count). The topological polar surface area (TPSA) is 67.8 Å². The molecule has 2 saturated heterocycles. The number of aryl methyl sites for hydroxylation is 1. The Balaban J connectivity index is 1.81. The van der Waals surface area contributed by atoms with Gasteiger partial charge in [-0.3, -0.25) is 4.79 Å². The number of hydrogen-bond donors (Lipinski definition) is 0. The predicted molar refractivity (Wildman–Crippen MR) is 76.5 cm³/mol. The highest BCUT2D eigenvalue weighted by Gasteiger charge is 2.22. The van der Waals surface area contributed by atoms with E-state index in [2.05, 4.69) is 14.9 Å². The average Bonchev–Trinajstić information content (AvgIpc) is 2.55. The summed E-state index contributed by atoms with van der Waals surface area (Å²) in [4.78, 5) is 25.2. The highest BCUT2D eigenvalue weighted by atomic mass is 16.5. The largest absolute Gasteiger partial charge is 0.378 e. The minimum Gasteiger partial charge on any atom is -0.378 e. The highest BCUT2D eigenvalue weighted by molar-refractivity contribution is 5.93. The first-order chi connectivity index (χ1) is 10.2. The number of rotatable bonds is 2. The third kappa shape index (κ3) is 3.30. The van der Waals surface area contributed by atoms with Crippen LogP contribution in [-0.4, -0.2) is 73.4 Å². The molecule has 2 aliphatic rings. The number of nitrogens with zero attached hydrogens (tertiary/aromatic N) is 4. The molecule has 0 spiro atoms. The third-order valence-corrected chi connectivity index (χ3v) is 3.68. The van der Waals surface area contributed by atoms with Crippen molar-refractivity contribution in [2.75, 3.05) is 57.5 Å². The van der Waals surface area contributed by atoms with Crippen LogP contribution in [0.3, 0.4) is 0 Å². The van der Waals surface area contributed by atoms with Crippen LogP contribution >= 0.6 is 0 Å². The van der Waals surface area contributed by atoms with Crippen LogP contribution in [0.5, 0.6) is 0 Å². The number of hydrogen-bond acceptors (Lipinski definition) is 6. The fourth-order valence-electron chi connectivity index (χ4n) is 2.54. The van der Waals surface area contributed by atoms with Gasteiger partial charge < -0.3 is 19.3 Å². The summed E-state index contributed by atoms with van der Waals surface area (Å²) in [5.41, 5.74) is 0.464. The lowest BCUT2D eigenvalue weighted by Crippen LogP contribution is -2.41. The van der Waals surface area contributed by atoms with Gasteiger partial charge in [0, 0.05) is 32.2 Å². The smallest absolute Gasteiger partial charge is 0.272 e. The third-order valence-electron chi connectivity index (χ3n) is 3.68. The van der Waals surface area contributed by atoms with Crippen LogP contribution in [0.4, 0.5) is 5.82 Å². The molecule has 0 N–H and O–H groups in total. The molecule has 114 valence electrons. The van der Waals surface area contributed by atoms with E-state index in [9.17, 15) is 4.79 Å². The Kier molecular flexibility index (Phi) is 4.31. The molecule has 0 unspecified atom stereocenters. The fourth-order valence-corrected chi connectivity index (χ4v) is 2.54. The Morgan fingerprint density at radius 3 is 2.33 bits per heavy atom. The summed E-state index contributed by atoms with van der Waals surface area (Å²) in [5.74, 6) is 1.39. The second kappa shape index (κ2) is 6.36. The van der Waals surface area contributed by atoms with E-state index in [0.717, 1.165) is 18.9 Å². The van der Waals surface area contributed by atoms with Gasteiger partial charge in [0.05, 0.1) is 26.4 Å². The molecule has 3 heterocycles. The quantitative estimate of drug-likeness (QED) is 0.770. The average molecular weight is 292 g/mol. The van der Waals surface area contributed by atoms with E-state index >= 15 is 0 Å². The van der Waals surface area contributed by atoms with E-state index in [1.165, 1.54) is 0 Å². The Labute approximate surface area is 123 Å². The highest BCUT2D eigenvalue weighted by Crippen LogP contribution is 2.16. The number of carbonyl (C=O) groups excluding carboxylic acids is 1. The maximum Gasteiger partial charge on any atom is 0.272 e. The molecule has 0 aromatic carbocycles. The number of aromatic nitrogens is 2. The van der Waals surface area contributed by atoms with Crippen LogP contribution in [0.2, 0.25) is 0 Å². The number of ether oxygens (including phenoxy) is 2. The zero-order chi connectivity index (χ0) is 14.7. The summed E-state index contributed by atoms with van der Waals surface area (Å²) >= 11 is 0. The molecule has 7 nitrogen and oxygen atoms in total. The van der Waals surface area contributed by atoms with E-state index in [1.54, 1.807) is 11.0 Å². The van der Waals surface area contributed by atoms with Crippen molar-refractivity contribution >= 4 is 11.7 Å². The molecular formula is C14H20N4O3. The Morgan fingerprint density at radius 1 is 1.05 bits per heavy atom. The van der Waals surface area contributed by atoms with Crippen molar-refractivity contribution in [3.8, 4) is 0 Å². The van der Waals surface area contributed by atoms with Gasteiger partial charge in [-0.2, -0.15) is 0 Å². The lowest BCUT2D eigenvalue weighted by molar-refractivity contribution is 0.0299. The monoisotopic (exact) mass is 292 g/mol. The second-order valence-electron chi connectivity index (χ2n) is 5.16. The van der Waals surface area contributed by atoms with Crippen molar-refractivity contribution in [2.45, 2.75) is 6.92 Å². The number of anilines is 1. The van der Waals surface area contributed by atoms with Gasteiger partial charge in [-0.25, -0.2) is 9.97 Å². The first kappa shape index (κ1) is 14.2. The van der Waals surface area contributed by atoms with Crippen molar-refractivity contribution in [3.05, 3.63) is 17.6 Å². The molecule has 2 aliphatic heterocycles. The van der Waals surface area contributed by atoms with Gasteiger partial charge in [0.2, 0.25) is 0 Å². The molecule has 1 aromatic rings. The van der Waals surface area contributed by atoms with Crippen LogP contribution in [0.25, 0.3) is 0 Å². The van der Waals surface area contributed by atoms with Gasteiger partial charge in [-0.15, -0.1) is 0 Å². The standard InChI is InChI=1S/C14H20N4O3/c1-11-15-12(14(19)18-4-8-21-9-5-18)10-13(16-11)17-2-6-20-7-3-17/h10H,2-9H2,1H3. The predicted octanol–water partition coefficient (Wildman–Crippen LogP) is 0.0940. The van der Waals surface area contributed by atoms with Gasteiger partial charge in [0.1, 0.15) is 17.3 Å². The maximum atomic E-state index is 12.5. The van der Waals surface area contributed by atoms with Gasteiger partial charge >= 0.3 is 0 Å². The Hall–Kier alpha value is -1.73. The summed E-state index contributed by atoms with van der Waals surface area (Å²) in [6.45, 7) is 7.21. The van der Waals surface area contributed by atoms with Gasteiger partial charge in [-0.1, -0.05) is 0 Å². The summed E-state index contributed by atoms with van der Waals surface area (Å²) in [5, 5.41) is 0. The molecule has 0 radical (unpaired) electrons. The summed E-state index contributed by atoms with van der Waals surface area (Å²) in [7, 11) is 0. The molecule has 2 fully saturated rings. The van der Waals surface area contributed by atoms with Crippen LogP contribution in [0.1, 0.15) is 16.3 Å². The molecule has 0 aliphatic carbocycles. The van der Waals surface area contributed by atoms with E-state index < -0.39 is 0 Å². The zero-order valence-corrected chi connectivity index (χ0v) is 12.2. The lowest BCUT2D eigenvalue weighted by Gasteiger charge is -2.29. The Bertz CT molecular complexity index is 511. The molecule has 1 aromatic heterocycles. The summed E-state index contributed by atoms with van der Waals surface area (Å²) in [6.07, 6.45) is 0. The van der Waals surface area contributed by atoms with Gasteiger partial charge in [0.25, 0.3) is 5.91 Å². The second-order valence-corrected chi connectivity index (χ2v) is 5.16. The normalized spacial score (nSPS) is 19.7. The van der Waals surface area contributed by atoms with Crippen molar-refractivity contribution in [1.82, 2.24) is 14.9 Å². The van der Waals surface area contributed by atoms with Crippen LogP contribution < -0.4 is 4.90 Å². The molecule has 21 heavy (non-hydrogen) atoms. The summed E-state index contributed by atoms with van der Waals surface area (Å²) in [6, 6.07) is 1.79. The van der Waals surface area contributed by atoms with Gasteiger partial charge in [0.15, 0.2) is 0 Å². The van der Waals surface area contributed by atoms with Gasteiger partial charge in [-0.05, 0) is 6.92 Å².